The lowest BCUT2D eigenvalue weighted by Crippen LogP contribution is -2.03. The smallest absolute Gasteiger partial charge is 0.331 e. The summed E-state index contributed by atoms with van der Waals surface area (Å²) in [7, 11) is 4.50. The molecule has 7 heteroatoms. The summed E-state index contributed by atoms with van der Waals surface area (Å²) in [5.41, 5.74) is 0.768. The SMILES string of the molecule is COc1cc(C=CC(=O)OCc2c(F)cccc2Cl)cc(OC)c1OC. The Bertz CT molecular complexity index is 774. The third kappa shape index (κ3) is 4.67. The first-order chi connectivity index (χ1) is 12.5. The van der Waals surface area contributed by atoms with Crippen molar-refractivity contribution in [3.8, 4) is 17.2 Å². The monoisotopic (exact) mass is 380 g/mol. The summed E-state index contributed by atoms with van der Waals surface area (Å²) >= 11 is 5.89. The summed E-state index contributed by atoms with van der Waals surface area (Å²) < 4.78 is 34.4. The van der Waals surface area contributed by atoms with E-state index in [0.717, 1.165) is 0 Å². The Morgan fingerprint density at radius 1 is 1.12 bits per heavy atom. The van der Waals surface area contributed by atoms with E-state index in [1.807, 2.05) is 0 Å². The van der Waals surface area contributed by atoms with Crippen LogP contribution in [0.2, 0.25) is 5.02 Å². The van der Waals surface area contributed by atoms with Gasteiger partial charge in [-0.05, 0) is 35.9 Å². The van der Waals surface area contributed by atoms with Gasteiger partial charge in [0.15, 0.2) is 11.5 Å². The van der Waals surface area contributed by atoms with Crippen molar-refractivity contribution in [2.45, 2.75) is 6.61 Å². The van der Waals surface area contributed by atoms with Gasteiger partial charge in [-0.15, -0.1) is 0 Å². The van der Waals surface area contributed by atoms with E-state index in [1.165, 1.54) is 51.7 Å². The predicted octanol–water partition coefficient (Wildman–Crippen LogP) is 4.26. The first-order valence-corrected chi connectivity index (χ1v) is 7.95. The predicted molar refractivity (Wildman–Crippen MR) is 96.3 cm³/mol. The Kier molecular flexibility index (Phi) is 6.86. The number of hydrogen-bond acceptors (Lipinski definition) is 5. The van der Waals surface area contributed by atoms with E-state index in [0.29, 0.717) is 22.8 Å². The summed E-state index contributed by atoms with van der Waals surface area (Å²) in [5.74, 6) is 0.192. The number of esters is 1. The summed E-state index contributed by atoms with van der Waals surface area (Å²) in [6.07, 6.45) is 2.74. The van der Waals surface area contributed by atoms with Crippen LogP contribution in [0.15, 0.2) is 36.4 Å². The lowest BCUT2D eigenvalue weighted by Gasteiger charge is -2.12. The molecule has 26 heavy (non-hydrogen) atoms. The molecule has 0 aromatic heterocycles. The number of benzene rings is 2. The second-order valence-corrected chi connectivity index (χ2v) is 5.51. The van der Waals surface area contributed by atoms with E-state index >= 15 is 0 Å². The molecule has 0 N–H and O–H groups in total. The van der Waals surface area contributed by atoms with Crippen molar-refractivity contribution < 1.29 is 28.1 Å². The van der Waals surface area contributed by atoms with Crippen LogP contribution in [0.25, 0.3) is 6.08 Å². The molecule has 0 unspecified atom stereocenters. The van der Waals surface area contributed by atoms with E-state index < -0.39 is 11.8 Å². The standard InChI is InChI=1S/C19H18ClFO5/c1-23-16-9-12(10-17(24-2)19(16)25-3)7-8-18(22)26-11-13-14(20)5-4-6-15(13)21/h4-10H,11H2,1-3H3. The minimum atomic E-state index is -0.641. The van der Waals surface area contributed by atoms with Crippen LogP contribution in [-0.4, -0.2) is 27.3 Å². The van der Waals surface area contributed by atoms with Gasteiger partial charge in [-0.25, -0.2) is 9.18 Å². The van der Waals surface area contributed by atoms with Crippen LogP contribution in [0.5, 0.6) is 17.2 Å². The fourth-order valence-corrected chi connectivity index (χ4v) is 2.44. The molecule has 0 amide bonds. The highest BCUT2D eigenvalue weighted by molar-refractivity contribution is 6.31. The average Bonchev–Trinajstić information content (AvgIpc) is 2.64. The van der Waals surface area contributed by atoms with Gasteiger partial charge in [-0.2, -0.15) is 0 Å². The summed E-state index contributed by atoms with van der Waals surface area (Å²) in [6, 6.07) is 7.62. The number of carbonyl (C=O) groups is 1. The fourth-order valence-electron chi connectivity index (χ4n) is 2.22. The van der Waals surface area contributed by atoms with Gasteiger partial charge in [0.2, 0.25) is 5.75 Å². The molecule has 2 aromatic rings. The van der Waals surface area contributed by atoms with Crippen LogP contribution in [0.1, 0.15) is 11.1 Å². The van der Waals surface area contributed by atoms with Crippen molar-refractivity contribution in [1.29, 1.82) is 0 Å². The van der Waals surface area contributed by atoms with E-state index in [2.05, 4.69) is 0 Å². The molecular weight excluding hydrogens is 363 g/mol. The molecule has 0 aliphatic heterocycles. The third-order valence-corrected chi connectivity index (χ3v) is 3.87. The maximum absolute atomic E-state index is 13.7. The Morgan fingerprint density at radius 2 is 1.77 bits per heavy atom. The zero-order valence-electron chi connectivity index (χ0n) is 14.5. The minimum absolute atomic E-state index is 0.128. The Hall–Kier alpha value is -2.73. The lowest BCUT2D eigenvalue weighted by atomic mass is 10.1. The number of halogens is 2. The lowest BCUT2D eigenvalue weighted by molar-refractivity contribution is -0.138. The molecule has 138 valence electrons. The maximum atomic E-state index is 13.7. The first kappa shape index (κ1) is 19.6. The summed E-state index contributed by atoms with van der Waals surface area (Å²) in [6.45, 7) is -0.260. The molecule has 0 atom stereocenters. The van der Waals surface area contributed by atoms with Gasteiger partial charge < -0.3 is 18.9 Å². The van der Waals surface area contributed by atoms with Crippen molar-refractivity contribution >= 4 is 23.6 Å². The molecule has 2 aromatic carbocycles. The summed E-state index contributed by atoms with van der Waals surface area (Å²) in [4.78, 5) is 11.9. The van der Waals surface area contributed by atoms with Gasteiger partial charge in [-0.1, -0.05) is 17.7 Å². The van der Waals surface area contributed by atoms with E-state index in [4.69, 9.17) is 30.5 Å². The van der Waals surface area contributed by atoms with Gasteiger partial charge in [0.05, 0.1) is 26.4 Å². The second kappa shape index (κ2) is 9.10. The van der Waals surface area contributed by atoms with E-state index in [-0.39, 0.29) is 17.2 Å². The number of carbonyl (C=O) groups excluding carboxylic acids is 1. The van der Waals surface area contributed by atoms with Gasteiger partial charge >= 0.3 is 5.97 Å². The highest BCUT2D eigenvalue weighted by Gasteiger charge is 2.13. The van der Waals surface area contributed by atoms with Gasteiger partial charge in [0.25, 0.3) is 0 Å². The topological polar surface area (TPSA) is 54.0 Å². The first-order valence-electron chi connectivity index (χ1n) is 7.57. The van der Waals surface area contributed by atoms with Gasteiger partial charge in [-0.3, -0.25) is 0 Å². The van der Waals surface area contributed by atoms with Crippen LogP contribution in [-0.2, 0) is 16.1 Å². The van der Waals surface area contributed by atoms with Crippen LogP contribution >= 0.6 is 11.6 Å². The number of rotatable bonds is 7. The molecule has 0 fully saturated rings. The quantitative estimate of drug-likeness (QED) is 0.530. The summed E-state index contributed by atoms with van der Waals surface area (Å²) in [5, 5.41) is 0.200. The highest BCUT2D eigenvalue weighted by atomic mass is 35.5. The molecule has 0 radical (unpaired) electrons. The van der Waals surface area contributed by atoms with Crippen LogP contribution in [0.3, 0.4) is 0 Å². The van der Waals surface area contributed by atoms with E-state index in [1.54, 1.807) is 12.1 Å². The van der Waals surface area contributed by atoms with E-state index in [9.17, 15) is 9.18 Å². The molecular formula is C19H18ClFO5. The van der Waals surface area contributed by atoms with Crippen LogP contribution in [0, 0.1) is 5.82 Å². The van der Waals surface area contributed by atoms with Crippen molar-refractivity contribution in [2.75, 3.05) is 21.3 Å². The zero-order chi connectivity index (χ0) is 19.1. The average molecular weight is 381 g/mol. The number of ether oxygens (including phenoxy) is 4. The van der Waals surface area contributed by atoms with Gasteiger partial charge in [0, 0.05) is 11.6 Å². The van der Waals surface area contributed by atoms with Crippen LogP contribution in [0.4, 0.5) is 4.39 Å². The van der Waals surface area contributed by atoms with Crippen molar-refractivity contribution in [2.24, 2.45) is 0 Å². The third-order valence-electron chi connectivity index (χ3n) is 3.52. The molecule has 0 bridgehead atoms. The van der Waals surface area contributed by atoms with Crippen molar-refractivity contribution in [3.63, 3.8) is 0 Å². The molecule has 0 saturated carbocycles. The molecule has 0 aliphatic rings. The molecule has 0 aliphatic carbocycles. The normalized spacial score (nSPS) is 10.7. The molecule has 2 rings (SSSR count). The molecule has 0 spiro atoms. The largest absolute Gasteiger partial charge is 0.493 e. The maximum Gasteiger partial charge on any atom is 0.331 e. The second-order valence-electron chi connectivity index (χ2n) is 5.10. The van der Waals surface area contributed by atoms with Crippen molar-refractivity contribution in [1.82, 2.24) is 0 Å². The molecule has 5 nitrogen and oxygen atoms in total. The van der Waals surface area contributed by atoms with Crippen LogP contribution < -0.4 is 14.2 Å². The van der Waals surface area contributed by atoms with Crippen molar-refractivity contribution in [3.05, 3.63) is 58.4 Å². The Morgan fingerprint density at radius 3 is 2.31 bits per heavy atom. The minimum Gasteiger partial charge on any atom is -0.493 e. The highest BCUT2D eigenvalue weighted by Crippen LogP contribution is 2.38. The molecule has 0 heterocycles. The molecule has 0 saturated heterocycles. The fraction of sp³-hybridized carbons (Fsp3) is 0.211. The Labute approximate surface area is 155 Å². The Balaban J connectivity index is 2.10. The number of methoxy groups -OCH3 is 3. The number of hydrogen-bond donors (Lipinski definition) is 0. The van der Waals surface area contributed by atoms with Gasteiger partial charge in [0.1, 0.15) is 12.4 Å². The zero-order valence-corrected chi connectivity index (χ0v) is 15.3.